The minimum atomic E-state index is -3.95. The van der Waals surface area contributed by atoms with Crippen molar-refractivity contribution in [2.45, 2.75) is 17.1 Å². The van der Waals surface area contributed by atoms with Gasteiger partial charge in [0.2, 0.25) is 11.6 Å². The number of benzene rings is 3. The van der Waals surface area contributed by atoms with Crippen LogP contribution < -0.4 is 5.32 Å². The molecule has 224 valence electrons. The van der Waals surface area contributed by atoms with Gasteiger partial charge in [-0.3, -0.25) is 14.4 Å². The number of amides is 1. The number of carbonyl (C=O) groups excluding carboxylic acids is 3. The van der Waals surface area contributed by atoms with Crippen LogP contribution in [0.3, 0.4) is 0 Å². The highest BCUT2D eigenvalue weighted by atomic mass is 35.5. The second-order valence-electron chi connectivity index (χ2n) is 10.5. The first-order chi connectivity index (χ1) is 20.3. The van der Waals surface area contributed by atoms with Crippen molar-refractivity contribution in [2.24, 2.45) is 5.92 Å². The zero-order valence-electron chi connectivity index (χ0n) is 22.9. The highest BCUT2D eigenvalue weighted by Gasteiger charge is 2.69. The molecule has 2 unspecified atom stereocenters. The summed E-state index contributed by atoms with van der Waals surface area (Å²) < 4.78 is 0. The summed E-state index contributed by atoms with van der Waals surface area (Å²) in [5, 5.41) is 43.5. The number of rotatable bonds is 7. The van der Waals surface area contributed by atoms with Gasteiger partial charge in [0.1, 0.15) is 0 Å². The quantitative estimate of drug-likeness (QED) is 0.197. The summed E-state index contributed by atoms with van der Waals surface area (Å²) in [5.41, 5.74) is -6.78. The van der Waals surface area contributed by atoms with Crippen LogP contribution in [0.15, 0.2) is 78.9 Å². The number of halogens is 1. The topological polar surface area (TPSA) is 182 Å². The van der Waals surface area contributed by atoms with E-state index in [1.165, 1.54) is 36.4 Å². The van der Waals surface area contributed by atoms with Gasteiger partial charge < -0.3 is 30.6 Å². The number of likely N-dealkylation sites (tertiary alicyclic amines) is 1. The summed E-state index contributed by atoms with van der Waals surface area (Å²) in [6.45, 7) is 2.83. The van der Waals surface area contributed by atoms with Gasteiger partial charge in [0.15, 0.2) is 0 Å². The number of likely N-dealkylation sites (N-methyl/N-ethyl adjacent to an activating group) is 1. The Labute approximate surface area is 251 Å². The summed E-state index contributed by atoms with van der Waals surface area (Å²) in [6, 6.07) is 18.5. The fourth-order valence-corrected chi connectivity index (χ4v) is 5.61. The van der Waals surface area contributed by atoms with E-state index >= 15 is 0 Å². The first-order valence-electron chi connectivity index (χ1n) is 13.2. The molecule has 4 atom stereocenters. The number of carboxylic acids is 2. The molecule has 1 amide bonds. The maximum absolute atomic E-state index is 12.6. The smallest absolute Gasteiger partial charge is 0.348 e. The fraction of sp³-hybridized carbons (Fsp3) is 0.258. The molecule has 0 aromatic heterocycles. The van der Waals surface area contributed by atoms with Crippen molar-refractivity contribution in [1.29, 1.82) is 0 Å². The Balaban J connectivity index is 0.000000213. The Hall–Kier alpha value is -4.42. The lowest BCUT2D eigenvalue weighted by molar-refractivity contribution is -0.187. The van der Waals surface area contributed by atoms with Gasteiger partial charge in [-0.15, -0.1) is 0 Å². The van der Waals surface area contributed by atoms with Crippen LogP contribution in [-0.2, 0) is 9.59 Å². The van der Waals surface area contributed by atoms with E-state index in [9.17, 15) is 44.4 Å². The number of ketones is 2. The van der Waals surface area contributed by atoms with Gasteiger partial charge in [-0.1, -0.05) is 78.3 Å². The molecule has 0 saturated carbocycles. The molecule has 3 aromatic rings. The molecule has 11 nitrogen and oxygen atoms in total. The summed E-state index contributed by atoms with van der Waals surface area (Å²) in [6.07, 6.45) is 0. The molecule has 0 spiro atoms. The summed E-state index contributed by atoms with van der Waals surface area (Å²) in [5.74, 6) is -7.04. The van der Waals surface area contributed by atoms with E-state index in [4.69, 9.17) is 11.6 Å². The van der Waals surface area contributed by atoms with E-state index < -0.39 is 45.8 Å². The lowest BCUT2D eigenvalue weighted by Gasteiger charge is -2.34. The molecule has 5 N–H and O–H groups in total. The Kier molecular flexibility index (Phi) is 9.12. The number of aliphatic carboxylic acids is 2. The third-order valence-electron chi connectivity index (χ3n) is 7.68. The molecule has 0 radical (unpaired) electrons. The Morgan fingerprint density at radius 2 is 1.30 bits per heavy atom. The van der Waals surface area contributed by atoms with E-state index in [-0.39, 0.29) is 5.91 Å². The molecular formula is C31H29ClN2O9. The number of aliphatic hydroxyl groups is 2. The zero-order chi connectivity index (χ0) is 31.5. The number of carboxylic acid groups (broad SMARTS) is 2. The monoisotopic (exact) mass is 608 g/mol. The molecule has 1 fully saturated rings. The van der Waals surface area contributed by atoms with E-state index in [0.29, 0.717) is 16.9 Å². The van der Waals surface area contributed by atoms with Crippen LogP contribution in [0.4, 0.5) is 0 Å². The second-order valence-corrected chi connectivity index (χ2v) is 10.9. The van der Waals surface area contributed by atoms with Crippen LogP contribution in [0, 0.1) is 5.92 Å². The second kappa shape index (κ2) is 12.4. The largest absolute Gasteiger partial charge is 0.479 e. The molecule has 43 heavy (non-hydrogen) atoms. The number of Topliss-reactive ketones (excluding diaryl/α,β-unsaturated/α-hetero) is 2. The average molecular weight is 609 g/mol. The highest BCUT2D eigenvalue weighted by molar-refractivity contribution is 6.31. The third kappa shape index (κ3) is 5.80. The maximum Gasteiger partial charge on any atom is 0.348 e. The Bertz CT molecular complexity index is 1490. The van der Waals surface area contributed by atoms with Gasteiger partial charge in [0, 0.05) is 47.3 Å². The molecular weight excluding hydrogens is 580 g/mol. The Morgan fingerprint density at radius 1 is 0.814 bits per heavy atom. The Morgan fingerprint density at radius 3 is 1.77 bits per heavy atom. The van der Waals surface area contributed by atoms with E-state index in [2.05, 4.69) is 17.3 Å². The van der Waals surface area contributed by atoms with Gasteiger partial charge in [-0.25, -0.2) is 9.59 Å². The van der Waals surface area contributed by atoms with Crippen LogP contribution in [0.2, 0.25) is 5.02 Å². The van der Waals surface area contributed by atoms with Crippen molar-refractivity contribution in [3.63, 3.8) is 0 Å². The molecule has 2 aliphatic heterocycles. The molecule has 2 heterocycles. The molecule has 2 aliphatic rings. The number of nitrogens with one attached hydrogen (secondary N) is 1. The molecule has 0 bridgehead atoms. The molecule has 5 rings (SSSR count). The predicted octanol–water partition coefficient (Wildman–Crippen LogP) is 2.11. The van der Waals surface area contributed by atoms with Gasteiger partial charge >= 0.3 is 11.9 Å². The fourth-order valence-electron chi connectivity index (χ4n) is 5.44. The van der Waals surface area contributed by atoms with E-state index in [1.807, 2.05) is 12.1 Å². The van der Waals surface area contributed by atoms with Crippen LogP contribution in [0.1, 0.15) is 42.6 Å². The lowest BCUT2D eigenvalue weighted by atomic mass is 9.73. The van der Waals surface area contributed by atoms with Crippen LogP contribution >= 0.6 is 11.6 Å². The van der Waals surface area contributed by atoms with Crippen molar-refractivity contribution in [1.82, 2.24) is 10.2 Å². The highest BCUT2D eigenvalue weighted by Crippen LogP contribution is 2.36. The predicted molar refractivity (Wildman–Crippen MR) is 154 cm³/mol. The van der Waals surface area contributed by atoms with Crippen LogP contribution in [-0.4, -0.2) is 92.6 Å². The van der Waals surface area contributed by atoms with E-state index in [0.717, 1.165) is 55.0 Å². The van der Waals surface area contributed by atoms with Crippen LogP contribution in [0.25, 0.3) is 0 Å². The first kappa shape index (κ1) is 31.5. The zero-order valence-corrected chi connectivity index (χ0v) is 23.7. The summed E-state index contributed by atoms with van der Waals surface area (Å²) >= 11 is 5.98. The van der Waals surface area contributed by atoms with Crippen molar-refractivity contribution >= 4 is 41.0 Å². The van der Waals surface area contributed by atoms with Crippen molar-refractivity contribution in [2.75, 3.05) is 26.7 Å². The first-order valence-corrected chi connectivity index (χ1v) is 13.6. The van der Waals surface area contributed by atoms with Crippen LogP contribution in [0.5, 0.6) is 0 Å². The number of hydrogen-bond acceptors (Lipinski definition) is 8. The number of nitrogens with zero attached hydrogens (tertiary/aromatic N) is 1. The minimum absolute atomic E-state index is 0.0135. The molecule has 12 heteroatoms. The van der Waals surface area contributed by atoms with Gasteiger partial charge in [-0.05, 0) is 30.7 Å². The molecule has 0 aliphatic carbocycles. The molecule has 1 saturated heterocycles. The van der Waals surface area contributed by atoms with Crippen molar-refractivity contribution in [3.8, 4) is 0 Å². The minimum Gasteiger partial charge on any atom is -0.479 e. The standard InChI is InChI=1S/C18H14O8.C13H15ClN2O/c19-13(11-7-3-1-4-8-11)17(25,15(21)22)18(26,16(23)24)14(20)12-9-5-2-6-10-12;1-16-6-8-5-15-13(17)11-4-9(14)2-3-10(11)12(8)7-16/h1-10,25-26H,(H,21,22)(H,23,24);2-4,8,12H,5-7H2,1H3,(H,15,17)/t;8-,12-/m.0/s1. The molecule has 3 aromatic carbocycles. The normalized spacial score (nSPS) is 20.4. The summed E-state index contributed by atoms with van der Waals surface area (Å²) in [4.78, 5) is 62.8. The number of carbonyl (C=O) groups is 5. The number of fused-ring (bicyclic) bond motifs is 3. The van der Waals surface area contributed by atoms with Crippen molar-refractivity contribution in [3.05, 3.63) is 106 Å². The lowest BCUT2D eigenvalue weighted by Crippen LogP contribution is -2.71. The maximum atomic E-state index is 12.6. The van der Waals surface area contributed by atoms with Gasteiger partial charge in [0.25, 0.3) is 17.1 Å². The van der Waals surface area contributed by atoms with E-state index in [1.54, 1.807) is 6.07 Å². The number of hydrogen-bond donors (Lipinski definition) is 5. The van der Waals surface area contributed by atoms with Gasteiger partial charge in [0.05, 0.1) is 0 Å². The van der Waals surface area contributed by atoms with Crippen molar-refractivity contribution < 1.29 is 44.4 Å². The average Bonchev–Trinajstić information content (AvgIpc) is 3.33. The third-order valence-corrected chi connectivity index (χ3v) is 7.91. The SMILES string of the molecule is CN1C[C@@H]2CNC(=O)c3cc(Cl)ccc3[C@H]2C1.O=C(O)C(O)(C(=O)c1ccccc1)C(O)(C(=O)O)C(=O)c1ccccc1. The summed E-state index contributed by atoms with van der Waals surface area (Å²) in [7, 11) is 2.13. The van der Waals surface area contributed by atoms with Gasteiger partial charge in [-0.2, -0.15) is 0 Å².